The number of fused-ring (bicyclic) bond motifs is 2. The maximum absolute atomic E-state index is 12.8. The number of hydrogen-bond acceptors (Lipinski definition) is 5. The number of benzene rings is 2. The van der Waals surface area contributed by atoms with Gasteiger partial charge in [-0.1, -0.05) is 12.1 Å². The van der Waals surface area contributed by atoms with Crippen molar-refractivity contribution in [3.63, 3.8) is 0 Å². The van der Waals surface area contributed by atoms with Gasteiger partial charge < -0.3 is 15.4 Å². The van der Waals surface area contributed by atoms with E-state index in [4.69, 9.17) is 4.74 Å². The van der Waals surface area contributed by atoms with Crippen LogP contribution < -0.4 is 15.4 Å². The monoisotopic (exact) mass is 413 g/mol. The Morgan fingerprint density at radius 1 is 1.19 bits per heavy atom. The van der Waals surface area contributed by atoms with Crippen molar-refractivity contribution in [2.45, 2.75) is 26.3 Å². The van der Waals surface area contributed by atoms with Crippen LogP contribution in [0.4, 0.5) is 10.5 Å². The second kappa shape index (κ2) is 7.85. The normalized spacial score (nSPS) is 15.5. The topological polar surface area (TPSA) is 81.1 Å². The first kappa shape index (κ1) is 19.3. The second-order valence-corrected chi connectivity index (χ2v) is 7.78. The first-order valence-electron chi connectivity index (χ1n) is 10.3. The Morgan fingerprint density at radius 2 is 2.10 bits per heavy atom. The van der Waals surface area contributed by atoms with Gasteiger partial charge >= 0.3 is 6.03 Å². The molecule has 5 rings (SSSR count). The number of hydrogen-bond donors (Lipinski definition) is 2. The number of rotatable bonds is 3. The van der Waals surface area contributed by atoms with Crippen molar-refractivity contribution in [2.24, 2.45) is 0 Å². The first-order valence-corrected chi connectivity index (χ1v) is 10.3. The maximum Gasteiger partial charge on any atom is 0.330 e. The lowest BCUT2D eigenvalue weighted by Crippen LogP contribution is -2.29. The van der Waals surface area contributed by atoms with Crippen LogP contribution in [0.5, 0.6) is 11.6 Å². The fourth-order valence-corrected chi connectivity index (χ4v) is 3.99. The Labute approximate surface area is 180 Å². The molecular formula is C24H23N5O2. The lowest BCUT2D eigenvalue weighted by atomic mass is 10.0. The number of carbonyl (C=O) groups excluding carboxylic acids is 1. The molecule has 0 fully saturated rings. The predicted octanol–water partition coefficient (Wildman–Crippen LogP) is 4.82. The first-order chi connectivity index (χ1) is 15.1. The van der Waals surface area contributed by atoms with Gasteiger partial charge in [0.05, 0.1) is 11.2 Å². The van der Waals surface area contributed by atoms with E-state index >= 15 is 0 Å². The van der Waals surface area contributed by atoms with Gasteiger partial charge in [0.1, 0.15) is 12.1 Å². The summed E-state index contributed by atoms with van der Waals surface area (Å²) in [6, 6.07) is 15.3. The number of carbonyl (C=O) groups is 1. The largest absolute Gasteiger partial charge is 0.439 e. The minimum absolute atomic E-state index is 0.178. The van der Waals surface area contributed by atoms with Crippen molar-refractivity contribution in [3.05, 3.63) is 77.9 Å². The third kappa shape index (κ3) is 3.75. The highest BCUT2D eigenvalue weighted by atomic mass is 16.5. The van der Waals surface area contributed by atoms with E-state index in [0.717, 1.165) is 46.4 Å². The molecule has 31 heavy (non-hydrogen) atoms. The standard InChI is InChI=1S/C24H23N5O2/c1-15-4-3-5-18(12-15)28-24(30)29-11-9-17-13-19(6-7-21(17)29)31-23-20-8-10-25-16(2)22(20)26-14-27-23/h3-7,9,11-14,16,25H,8,10H2,1-2H3,(H,28,30). The minimum Gasteiger partial charge on any atom is -0.439 e. The van der Waals surface area contributed by atoms with Crippen molar-refractivity contribution in [3.8, 4) is 11.6 Å². The quantitative estimate of drug-likeness (QED) is 0.503. The predicted molar refractivity (Wildman–Crippen MR) is 120 cm³/mol. The summed E-state index contributed by atoms with van der Waals surface area (Å²) in [6.07, 6.45) is 4.13. The average Bonchev–Trinajstić information content (AvgIpc) is 3.18. The molecule has 2 aromatic heterocycles. The van der Waals surface area contributed by atoms with Crippen LogP contribution in [0.1, 0.15) is 29.8 Å². The van der Waals surface area contributed by atoms with Gasteiger partial charge in [-0.2, -0.15) is 0 Å². The van der Waals surface area contributed by atoms with E-state index in [2.05, 4.69) is 27.5 Å². The van der Waals surface area contributed by atoms with Gasteiger partial charge in [0, 0.05) is 35.4 Å². The molecule has 156 valence electrons. The molecule has 4 aromatic rings. The van der Waals surface area contributed by atoms with Crippen LogP contribution in [0.25, 0.3) is 10.9 Å². The summed E-state index contributed by atoms with van der Waals surface area (Å²) in [5, 5.41) is 7.25. The van der Waals surface area contributed by atoms with Crippen LogP contribution in [-0.4, -0.2) is 27.1 Å². The fourth-order valence-electron chi connectivity index (χ4n) is 3.99. The number of anilines is 1. The zero-order valence-electron chi connectivity index (χ0n) is 17.4. The molecule has 1 aliphatic heterocycles. The van der Waals surface area contributed by atoms with E-state index in [9.17, 15) is 4.79 Å². The molecule has 1 unspecified atom stereocenters. The minimum atomic E-state index is -0.208. The summed E-state index contributed by atoms with van der Waals surface area (Å²) in [6.45, 7) is 4.95. The Balaban J connectivity index is 1.40. The summed E-state index contributed by atoms with van der Waals surface area (Å²) in [4.78, 5) is 21.5. The molecule has 2 N–H and O–H groups in total. The number of nitrogens with zero attached hydrogens (tertiary/aromatic N) is 3. The molecule has 7 heteroatoms. The van der Waals surface area contributed by atoms with Crippen LogP contribution in [0.2, 0.25) is 0 Å². The Morgan fingerprint density at radius 3 is 2.97 bits per heavy atom. The lowest BCUT2D eigenvalue weighted by Gasteiger charge is -2.23. The number of aromatic nitrogens is 3. The Bertz CT molecular complexity index is 1280. The Hall–Kier alpha value is -3.71. The summed E-state index contributed by atoms with van der Waals surface area (Å²) >= 11 is 0. The highest BCUT2D eigenvalue weighted by Crippen LogP contribution is 2.31. The van der Waals surface area contributed by atoms with Gasteiger partial charge in [0.2, 0.25) is 5.88 Å². The molecule has 0 saturated heterocycles. The van der Waals surface area contributed by atoms with Gasteiger partial charge in [-0.25, -0.2) is 14.8 Å². The molecule has 1 amide bonds. The van der Waals surface area contributed by atoms with E-state index < -0.39 is 0 Å². The van der Waals surface area contributed by atoms with E-state index in [-0.39, 0.29) is 12.1 Å². The molecule has 0 spiro atoms. The van der Waals surface area contributed by atoms with Crippen molar-refractivity contribution in [1.29, 1.82) is 0 Å². The average molecular weight is 413 g/mol. The molecule has 1 atom stereocenters. The number of ether oxygens (including phenoxy) is 1. The molecule has 2 aromatic carbocycles. The fraction of sp³-hybridized carbons (Fsp3) is 0.208. The van der Waals surface area contributed by atoms with Crippen LogP contribution in [-0.2, 0) is 6.42 Å². The van der Waals surface area contributed by atoms with Gasteiger partial charge in [0.15, 0.2) is 0 Å². The van der Waals surface area contributed by atoms with E-state index in [0.29, 0.717) is 11.6 Å². The second-order valence-electron chi connectivity index (χ2n) is 7.78. The van der Waals surface area contributed by atoms with Crippen molar-refractivity contribution in [2.75, 3.05) is 11.9 Å². The summed E-state index contributed by atoms with van der Waals surface area (Å²) in [5.41, 5.74) is 4.69. The lowest BCUT2D eigenvalue weighted by molar-refractivity contribution is 0.254. The van der Waals surface area contributed by atoms with Gasteiger partial charge in [-0.15, -0.1) is 0 Å². The van der Waals surface area contributed by atoms with E-state index in [1.807, 2.05) is 55.5 Å². The number of amides is 1. The highest BCUT2D eigenvalue weighted by molar-refractivity contribution is 5.98. The highest BCUT2D eigenvalue weighted by Gasteiger charge is 2.22. The smallest absolute Gasteiger partial charge is 0.330 e. The van der Waals surface area contributed by atoms with Gasteiger partial charge in [0.25, 0.3) is 0 Å². The molecule has 0 saturated carbocycles. The van der Waals surface area contributed by atoms with E-state index in [1.54, 1.807) is 17.1 Å². The van der Waals surface area contributed by atoms with E-state index in [1.165, 1.54) is 0 Å². The third-order valence-corrected chi connectivity index (χ3v) is 5.54. The van der Waals surface area contributed by atoms with Crippen LogP contribution >= 0.6 is 0 Å². The molecule has 0 aliphatic carbocycles. The van der Waals surface area contributed by atoms with Gasteiger partial charge in [-0.3, -0.25) is 4.57 Å². The molecule has 0 bridgehead atoms. The molecular weight excluding hydrogens is 390 g/mol. The summed E-state index contributed by atoms with van der Waals surface area (Å²) < 4.78 is 7.72. The molecule has 7 nitrogen and oxygen atoms in total. The third-order valence-electron chi connectivity index (χ3n) is 5.54. The van der Waals surface area contributed by atoms with Crippen molar-refractivity contribution >= 4 is 22.6 Å². The van der Waals surface area contributed by atoms with Crippen molar-refractivity contribution in [1.82, 2.24) is 19.9 Å². The van der Waals surface area contributed by atoms with Crippen LogP contribution in [0.15, 0.2) is 61.1 Å². The molecule has 3 heterocycles. The number of nitrogens with one attached hydrogen (secondary N) is 2. The number of aryl methyl sites for hydroxylation is 1. The summed E-state index contributed by atoms with van der Waals surface area (Å²) in [7, 11) is 0. The molecule has 1 aliphatic rings. The zero-order valence-corrected chi connectivity index (χ0v) is 17.4. The SMILES string of the molecule is Cc1cccc(NC(=O)n2ccc3cc(Oc4ncnc5c4CCNC5C)ccc32)c1. The van der Waals surface area contributed by atoms with Crippen molar-refractivity contribution < 1.29 is 9.53 Å². The Kier molecular flexibility index (Phi) is 4.88. The maximum atomic E-state index is 12.8. The molecule has 0 radical (unpaired) electrons. The van der Waals surface area contributed by atoms with Crippen LogP contribution in [0.3, 0.4) is 0 Å². The van der Waals surface area contributed by atoms with Crippen LogP contribution in [0, 0.1) is 6.92 Å². The zero-order chi connectivity index (χ0) is 21.4. The summed E-state index contributed by atoms with van der Waals surface area (Å²) in [5.74, 6) is 1.27. The van der Waals surface area contributed by atoms with Gasteiger partial charge in [-0.05, 0) is 62.2 Å².